The summed E-state index contributed by atoms with van der Waals surface area (Å²) in [5.41, 5.74) is 5.66. The number of nitrogens with zero attached hydrogens (tertiary/aromatic N) is 1. The van der Waals surface area contributed by atoms with Crippen molar-refractivity contribution in [2.45, 2.75) is 51.5 Å². The maximum Gasteiger partial charge on any atom is 0.279 e. The third kappa shape index (κ3) is 5.01. The number of rotatable bonds is 6. The molecule has 7 heteroatoms. The maximum absolute atomic E-state index is 12.0. The molecule has 0 atom stereocenters. The Morgan fingerprint density at radius 3 is 2.11 bits per heavy atom. The molecule has 110 valence electrons. The Hall–Kier alpha value is 0.120. The van der Waals surface area contributed by atoms with E-state index < -0.39 is 15.7 Å². The van der Waals surface area contributed by atoms with Crippen LogP contribution in [0.15, 0.2) is 0 Å². The maximum atomic E-state index is 12.0. The van der Waals surface area contributed by atoms with Gasteiger partial charge in [-0.05, 0) is 25.7 Å². The largest absolute Gasteiger partial charge is 0.324 e. The Bertz CT molecular complexity index is 325. The molecule has 0 bridgehead atoms. The summed E-state index contributed by atoms with van der Waals surface area (Å²) in [5.74, 6) is 0. The number of nitrogens with two attached hydrogens (primary N) is 1. The van der Waals surface area contributed by atoms with Gasteiger partial charge in [0.2, 0.25) is 0 Å². The van der Waals surface area contributed by atoms with Gasteiger partial charge >= 0.3 is 0 Å². The molecule has 0 aromatic rings. The van der Waals surface area contributed by atoms with E-state index >= 15 is 0 Å². The molecule has 0 amide bonds. The van der Waals surface area contributed by atoms with Gasteiger partial charge in [0.05, 0.1) is 0 Å². The average molecular weight is 300 g/mol. The molecule has 1 fully saturated rings. The van der Waals surface area contributed by atoms with Crippen LogP contribution in [0.2, 0.25) is 0 Å². The quantitative estimate of drug-likeness (QED) is 0.775. The molecule has 0 aromatic carbocycles. The Morgan fingerprint density at radius 2 is 1.67 bits per heavy atom. The summed E-state index contributed by atoms with van der Waals surface area (Å²) in [7, 11) is -3.33. The molecule has 1 aliphatic heterocycles. The molecule has 0 aliphatic carbocycles. The van der Waals surface area contributed by atoms with Crippen LogP contribution in [-0.4, -0.2) is 37.9 Å². The highest BCUT2D eigenvalue weighted by Crippen LogP contribution is 2.14. The first-order valence-electron chi connectivity index (χ1n) is 6.47. The molecule has 18 heavy (non-hydrogen) atoms. The molecule has 0 radical (unpaired) electrons. The molecule has 0 spiro atoms. The molecule has 3 N–H and O–H groups in total. The van der Waals surface area contributed by atoms with Gasteiger partial charge in [0, 0.05) is 25.2 Å². The zero-order valence-corrected chi connectivity index (χ0v) is 12.9. The summed E-state index contributed by atoms with van der Waals surface area (Å²) in [6.45, 7) is 5.55. The van der Waals surface area contributed by atoms with Gasteiger partial charge in [0.1, 0.15) is 0 Å². The molecular weight excluding hydrogens is 274 g/mol. The van der Waals surface area contributed by atoms with Crippen LogP contribution in [0.3, 0.4) is 0 Å². The predicted molar refractivity (Wildman–Crippen MR) is 77.1 cm³/mol. The smallest absolute Gasteiger partial charge is 0.279 e. The minimum Gasteiger partial charge on any atom is -0.324 e. The fourth-order valence-electron chi connectivity index (χ4n) is 1.93. The lowest BCUT2D eigenvalue weighted by Gasteiger charge is -2.30. The first kappa shape index (κ1) is 18.1. The van der Waals surface area contributed by atoms with Gasteiger partial charge in [0.15, 0.2) is 0 Å². The summed E-state index contributed by atoms with van der Waals surface area (Å²) in [4.78, 5) is 0. The van der Waals surface area contributed by atoms with E-state index in [4.69, 9.17) is 5.73 Å². The fraction of sp³-hybridized carbons (Fsp3) is 1.00. The lowest BCUT2D eigenvalue weighted by molar-refractivity contribution is 0.332. The summed E-state index contributed by atoms with van der Waals surface area (Å²) in [6, 6.07) is 0. The molecule has 0 aromatic heterocycles. The minimum atomic E-state index is -3.33. The zero-order chi connectivity index (χ0) is 12.9. The summed E-state index contributed by atoms with van der Waals surface area (Å²) < 4.78 is 28.2. The van der Waals surface area contributed by atoms with E-state index in [1.807, 2.05) is 13.8 Å². The fourth-order valence-corrected chi connectivity index (χ4v) is 3.32. The lowest BCUT2D eigenvalue weighted by Crippen LogP contribution is -2.52. The Kier molecular flexibility index (Phi) is 7.70. The summed E-state index contributed by atoms with van der Waals surface area (Å²) in [5, 5.41) is 0. The second kappa shape index (κ2) is 7.65. The molecule has 0 saturated carbocycles. The van der Waals surface area contributed by atoms with Crippen LogP contribution >= 0.6 is 12.4 Å². The SMILES string of the molecule is CCC(N)(CC)CNS(=O)(=O)N1CCCCC1.Cl. The molecule has 0 unspecified atom stereocenters. The van der Waals surface area contributed by atoms with Gasteiger partial charge in [-0.15, -0.1) is 12.4 Å². The van der Waals surface area contributed by atoms with Crippen molar-refractivity contribution in [3.05, 3.63) is 0 Å². The van der Waals surface area contributed by atoms with Crippen LogP contribution in [-0.2, 0) is 10.2 Å². The van der Waals surface area contributed by atoms with Crippen molar-refractivity contribution >= 4 is 22.6 Å². The monoisotopic (exact) mass is 299 g/mol. The van der Waals surface area contributed by atoms with Crippen molar-refractivity contribution < 1.29 is 8.42 Å². The highest BCUT2D eigenvalue weighted by Gasteiger charge is 2.27. The third-order valence-electron chi connectivity index (χ3n) is 3.67. The van der Waals surface area contributed by atoms with Gasteiger partial charge in [-0.1, -0.05) is 20.3 Å². The van der Waals surface area contributed by atoms with E-state index in [1.165, 1.54) is 4.31 Å². The second-order valence-electron chi connectivity index (χ2n) is 4.86. The van der Waals surface area contributed by atoms with Crippen molar-refractivity contribution in [2.24, 2.45) is 5.73 Å². The Morgan fingerprint density at radius 1 is 1.17 bits per heavy atom. The molecule has 1 saturated heterocycles. The minimum absolute atomic E-state index is 0. The number of hydrogen-bond acceptors (Lipinski definition) is 3. The van der Waals surface area contributed by atoms with Gasteiger partial charge in [-0.2, -0.15) is 12.7 Å². The van der Waals surface area contributed by atoms with E-state index in [0.717, 1.165) is 32.1 Å². The van der Waals surface area contributed by atoms with Crippen LogP contribution in [0.5, 0.6) is 0 Å². The van der Waals surface area contributed by atoms with E-state index in [-0.39, 0.29) is 12.4 Å². The van der Waals surface area contributed by atoms with Crippen LogP contribution in [0.1, 0.15) is 46.0 Å². The van der Waals surface area contributed by atoms with Crippen molar-refractivity contribution in [3.63, 3.8) is 0 Å². The van der Waals surface area contributed by atoms with Crippen molar-refractivity contribution in [3.8, 4) is 0 Å². The van der Waals surface area contributed by atoms with E-state index in [2.05, 4.69) is 4.72 Å². The van der Waals surface area contributed by atoms with Gasteiger partial charge in [-0.3, -0.25) is 0 Å². The van der Waals surface area contributed by atoms with E-state index in [0.29, 0.717) is 19.6 Å². The first-order valence-corrected chi connectivity index (χ1v) is 7.91. The van der Waals surface area contributed by atoms with Gasteiger partial charge in [0.25, 0.3) is 10.2 Å². The lowest BCUT2D eigenvalue weighted by atomic mass is 9.95. The second-order valence-corrected chi connectivity index (χ2v) is 6.61. The van der Waals surface area contributed by atoms with E-state index in [1.54, 1.807) is 0 Å². The molecule has 1 heterocycles. The molecular formula is C11H26ClN3O2S. The first-order chi connectivity index (χ1) is 7.93. The topological polar surface area (TPSA) is 75.4 Å². The highest BCUT2D eigenvalue weighted by molar-refractivity contribution is 7.87. The summed E-state index contributed by atoms with van der Waals surface area (Å²) in [6.07, 6.45) is 4.57. The van der Waals surface area contributed by atoms with E-state index in [9.17, 15) is 8.42 Å². The van der Waals surface area contributed by atoms with Crippen molar-refractivity contribution in [1.82, 2.24) is 9.03 Å². The number of halogens is 1. The van der Waals surface area contributed by atoms with Crippen LogP contribution in [0.25, 0.3) is 0 Å². The summed E-state index contributed by atoms with van der Waals surface area (Å²) >= 11 is 0. The van der Waals surface area contributed by atoms with Crippen LogP contribution < -0.4 is 10.5 Å². The van der Waals surface area contributed by atoms with Gasteiger partial charge < -0.3 is 5.73 Å². The van der Waals surface area contributed by atoms with Gasteiger partial charge in [-0.25, -0.2) is 4.72 Å². The van der Waals surface area contributed by atoms with Crippen molar-refractivity contribution in [1.29, 1.82) is 0 Å². The molecule has 1 rings (SSSR count). The number of nitrogens with one attached hydrogen (secondary N) is 1. The predicted octanol–water partition coefficient (Wildman–Crippen LogP) is 1.25. The van der Waals surface area contributed by atoms with Crippen LogP contribution in [0, 0.1) is 0 Å². The Balaban J connectivity index is 0.00000289. The normalized spacial score (nSPS) is 18.4. The number of piperidine rings is 1. The highest BCUT2D eigenvalue weighted by atomic mass is 35.5. The zero-order valence-electron chi connectivity index (χ0n) is 11.3. The Labute approximate surface area is 117 Å². The standard InChI is InChI=1S/C11H25N3O2S.ClH/c1-3-11(12,4-2)10-13-17(15,16)14-8-6-5-7-9-14;/h13H,3-10,12H2,1-2H3;1H. The number of hydrogen-bond donors (Lipinski definition) is 2. The van der Waals surface area contributed by atoms with Crippen LogP contribution in [0.4, 0.5) is 0 Å². The average Bonchev–Trinajstić information content (AvgIpc) is 2.37. The molecule has 1 aliphatic rings. The van der Waals surface area contributed by atoms with Crippen molar-refractivity contribution in [2.75, 3.05) is 19.6 Å². The third-order valence-corrected chi connectivity index (χ3v) is 5.22. The molecule has 5 nitrogen and oxygen atoms in total.